The maximum Gasteiger partial charge on any atom is 0.335 e. The molecule has 0 aliphatic heterocycles. The van der Waals surface area contributed by atoms with Crippen molar-refractivity contribution in [3.8, 4) is 0 Å². The lowest BCUT2D eigenvalue weighted by atomic mass is 9.87. The van der Waals surface area contributed by atoms with E-state index in [1.54, 1.807) is 30.3 Å². The summed E-state index contributed by atoms with van der Waals surface area (Å²) >= 11 is 0. The molecule has 0 aliphatic carbocycles. The summed E-state index contributed by atoms with van der Waals surface area (Å²) in [6.45, 7) is 8.36. The van der Waals surface area contributed by atoms with Crippen molar-refractivity contribution in [2.45, 2.75) is 33.1 Å². The summed E-state index contributed by atoms with van der Waals surface area (Å²) in [6, 6.07) is 16.7. The second-order valence-electron chi connectivity index (χ2n) is 7.65. The molecule has 3 rings (SSSR count). The Hall–Kier alpha value is -3.41. The van der Waals surface area contributed by atoms with Crippen LogP contribution in [0.3, 0.4) is 0 Å². The van der Waals surface area contributed by atoms with E-state index >= 15 is 0 Å². The first-order valence-corrected chi connectivity index (χ1v) is 9.04. The van der Waals surface area contributed by atoms with E-state index in [-0.39, 0.29) is 11.0 Å². The van der Waals surface area contributed by atoms with E-state index in [4.69, 9.17) is 5.11 Å². The lowest BCUT2D eigenvalue weighted by Crippen LogP contribution is -2.10. The van der Waals surface area contributed by atoms with Crippen LogP contribution in [0.1, 0.15) is 42.5 Å². The number of carboxylic acids is 1. The average molecular weight is 376 g/mol. The number of hydrogen-bond donors (Lipinski definition) is 3. The van der Waals surface area contributed by atoms with Gasteiger partial charge in [-0.25, -0.2) is 14.8 Å². The van der Waals surface area contributed by atoms with Gasteiger partial charge < -0.3 is 15.7 Å². The number of nitrogens with one attached hydrogen (secondary N) is 2. The summed E-state index contributed by atoms with van der Waals surface area (Å²) < 4.78 is 0. The zero-order valence-electron chi connectivity index (χ0n) is 16.4. The first kappa shape index (κ1) is 19.4. The Labute approximate surface area is 164 Å². The Balaban J connectivity index is 1.80. The van der Waals surface area contributed by atoms with E-state index in [9.17, 15) is 4.79 Å². The highest BCUT2D eigenvalue weighted by atomic mass is 16.4. The molecule has 6 heteroatoms. The van der Waals surface area contributed by atoms with Crippen LogP contribution >= 0.6 is 0 Å². The molecule has 2 aromatic carbocycles. The number of rotatable bonds is 5. The lowest BCUT2D eigenvalue weighted by molar-refractivity contribution is 0.0697. The maximum atomic E-state index is 11.1. The van der Waals surface area contributed by atoms with Crippen molar-refractivity contribution in [2.24, 2.45) is 0 Å². The Bertz CT molecular complexity index is 992. The number of aromatic nitrogens is 2. The molecule has 3 aromatic rings. The smallest absolute Gasteiger partial charge is 0.335 e. The maximum absolute atomic E-state index is 11.1. The SMILES string of the molecule is Cc1nc(Nc2ccc(C(C)(C)C)cc2)cc(Nc2cccc(C(=O)O)c2)n1. The van der Waals surface area contributed by atoms with Crippen molar-refractivity contribution in [3.05, 3.63) is 71.5 Å². The molecular weight excluding hydrogens is 352 g/mol. The highest BCUT2D eigenvalue weighted by Gasteiger charge is 2.13. The molecule has 0 radical (unpaired) electrons. The van der Waals surface area contributed by atoms with Crippen LogP contribution < -0.4 is 10.6 Å². The van der Waals surface area contributed by atoms with Gasteiger partial charge in [-0.2, -0.15) is 0 Å². The van der Waals surface area contributed by atoms with Gasteiger partial charge in [0.05, 0.1) is 5.56 Å². The first-order chi connectivity index (χ1) is 13.2. The van der Waals surface area contributed by atoms with Gasteiger partial charge in [0.25, 0.3) is 0 Å². The number of nitrogens with zero attached hydrogens (tertiary/aromatic N) is 2. The third-order valence-electron chi connectivity index (χ3n) is 4.24. The summed E-state index contributed by atoms with van der Waals surface area (Å²) in [5.74, 6) is 0.883. The third kappa shape index (κ3) is 4.85. The summed E-state index contributed by atoms with van der Waals surface area (Å²) in [7, 11) is 0. The van der Waals surface area contributed by atoms with Gasteiger partial charge in [0.15, 0.2) is 0 Å². The zero-order valence-corrected chi connectivity index (χ0v) is 16.4. The fourth-order valence-corrected chi connectivity index (χ4v) is 2.78. The van der Waals surface area contributed by atoms with Crippen LogP contribution in [-0.2, 0) is 5.41 Å². The van der Waals surface area contributed by atoms with Crippen LogP contribution in [0.5, 0.6) is 0 Å². The average Bonchev–Trinajstić information content (AvgIpc) is 2.61. The molecule has 0 atom stereocenters. The van der Waals surface area contributed by atoms with Crippen LogP contribution in [0.2, 0.25) is 0 Å². The Morgan fingerprint density at radius 2 is 1.50 bits per heavy atom. The molecule has 0 unspecified atom stereocenters. The van der Waals surface area contributed by atoms with E-state index in [1.165, 1.54) is 5.56 Å². The predicted octanol–water partition coefficient (Wildman–Crippen LogP) is 5.27. The van der Waals surface area contributed by atoms with Crippen LogP contribution in [0.15, 0.2) is 54.6 Å². The molecule has 28 heavy (non-hydrogen) atoms. The van der Waals surface area contributed by atoms with E-state index < -0.39 is 5.97 Å². The van der Waals surface area contributed by atoms with Gasteiger partial charge in [-0.1, -0.05) is 39.0 Å². The molecule has 0 aliphatic rings. The van der Waals surface area contributed by atoms with Gasteiger partial charge in [0, 0.05) is 17.4 Å². The minimum absolute atomic E-state index is 0.103. The summed E-state index contributed by atoms with van der Waals surface area (Å²) in [5.41, 5.74) is 3.17. The Morgan fingerprint density at radius 3 is 2.07 bits per heavy atom. The third-order valence-corrected chi connectivity index (χ3v) is 4.24. The quantitative estimate of drug-likeness (QED) is 0.562. The molecule has 3 N–H and O–H groups in total. The molecular formula is C22H24N4O2. The van der Waals surface area contributed by atoms with Gasteiger partial charge in [0.2, 0.25) is 0 Å². The number of carbonyl (C=O) groups is 1. The van der Waals surface area contributed by atoms with Gasteiger partial charge in [-0.15, -0.1) is 0 Å². The van der Waals surface area contributed by atoms with Crippen molar-refractivity contribution >= 4 is 29.0 Å². The van der Waals surface area contributed by atoms with Gasteiger partial charge >= 0.3 is 5.97 Å². The van der Waals surface area contributed by atoms with E-state index in [0.717, 1.165) is 5.69 Å². The molecule has 1 aromatic heterocycles. The normalized spacial score (nSPS) is 11.1. The van der Waals surface area contributed by atoms with E-state index in [2.05, 4.69) is 53.5 Å². The van der Waals surface area contributed by atoms with Crippen molar-refractivity contribution in [3.63, 3.8) is 0 Å². The standard InChI is InChI=1S/C22H24N4O2/c1-14-23-19(25-17-10-8-16(9-11-17)22(2,3)4)13-20(24-14)26-18-7-5-6-15(12-18)21(27)28/h5-13H,1-4H3,(H,27,28)(H2,23,24,25,26). The van der Waals surface area contributed by atoms with Crippen molar-refractivity contribution in [2.75, 3.05) is 10.6 Å². The fraction of sp³-hybridized carbons (Fsp3) is 0.227. The molecule has 0 bridgehead atoms. The number of anilines is 4. The second-order valence-corrected chi connectivity index (χ2v) is 7.65. The Morgan fingerprint density at radius 1 is 0.893 bits per heavy atom. The van der Waals surface area contributed by atoms with E-state index in [0.29, 0.717) is 23.1 Å². The predicted molar refractivity (Wildman–Crippen MR) is 112 cm³/mol. The molecule has 0 amide bonds. The van der Waals surface area contributed by atoms with Gasteiger partial charge in [-0.3, -0.25) is 0 Å². The van der Waals surface area contributed by atoms with Gasteiger partial charge in [0.1, 0.15) is 17.5 Å². The Kier molecular flexibility index (Phi) is 5.31. The monoisotopic (exact) mass is 376 g/mol. The van der Waals surface area contributed by atoms with E-state index in [1.807, 2.05) is 19.1 Å². The van der Waals surface area contributed by atoms with Crippen LogP contribution in [-0.4, -0.2) is 21.0 Å². The minimum atomic E-state index is -0.969. The number of benzene rings is 2. The van der Waals surface area contributed by atoms with Crippen LogP contribution in [0.25, 0.3) is 0 Å². The summed E-state index contributed by atoms with van der Waals surface area (Å²) in [4.78, 5) is 20.0. The molecule has 0 spiro atoms. The topological polar surface area (TPSA) is 87.1 Å². The largest absolute Gasteiger partial charge is 0.478 e. The zero-order chi connectivity index (χ0) is 20.3. The highest BCUT2D eigenvalue weighted by Crippen LogP contribution is 2.25. The molecule has 0 fully saturated rings. The first-order valence-electron chi connectivity index (χ1n) is 9.04. The minimum Gasteiger partial charge on any atom is -0.478 e. The van der Waals surface area contributed by atoms with Crippen molar-refractivity contribution in [1.29, 1.82) is 0 Å². The number of aryl methyl sites for hydroxylation is 1. The highest BCUT2D eigenvalue weighted by molar-refractivity contribution is 5.89. The summed E-state index contributed by atoms with van der Waals surface area (Å²) in [5, 5.41) is 15.6. The summed E-state index contributed by atoms with van der Waals surface area (Å²) in [6.07, 6.45) is 0. The van der Waals surface area contributed by atoms with Gasteiger partial charge in [-0.05, 0) is 48.2 Å². The number of aromatic carboxylic acids is 1. The van der Waals surface area contributed by atoms with Crippen LogP contribution in [0.4, 0.5) is 23.0 Å². The molecule has 144 valence electrons. The second kappa shape index (κ2) is 7.68. The lowest BCUT2D eigenvalue weighted by Gasteiger charge is -2.19. The molecule has 0 saturated heterocycles. The molecule has 6 nitrogen and oxygen atoms in total. The van der Waals surface area contributed by atoms with Crippen molar-refractivity contribution < 1.29 is 9.90 Å². The van der Waals surface area contributed by atoms with Crippen molar-refractivity contribution in [1.82, 2.24) is 9.97 Å². The van der Waals surface area contributed by atoms with Crippen LogP contribution in [0, 0.1) is 6.92 Å². The number of carboxylic acid groups (broad SMARTS) is 1. The fourth-order valence-electron chi connectivity index (χ4n) is 2.78. The number of hydrogen-bond acceptors (Lipinski definition) is 5. The molecule has 1 heterocycles. The molecule has 0 saturated carbocycles.